The van der Waals surface area contributed by atoms with E-state index in [4.69, 9.17) is 4.98 Å². The summed E-state index contributed by atoms with van der Waals surface area (Å²) in [6, 6.07) is 47.0. The van der Waals surface area contributed by atoms with Gasteiger partial charge in [0.2, 0.25) is 0 Å². The Morgan fingerprint density at radius 2 is 1.18 bits per heavy atom. The summed E-state index contributed by atoms with van der Waals surface area (Å²) in [6.45, 7) is 7.05. The van der Waals surface area contributed by atoms with E-state index in [0.29, 0.717) is 0 Å². The van der Waals surface area contributed by atoms with Crippen molar-refractivity contribution >= 4 is 43.4 Å². The molecular formula is C43H34N2. The van der Waals surface area contributed by atoms with Gasteiger partial charge in [-0.25, -0.2) is 4.98 Å². The highest BCUT2D eigenvalue weighted by Gasteiger charge is 2.40. The number of fused-ring (bicyclic) bond motifs is 11. The van der Waals surface area contributed by atoms with Crippen LogP contribution in [0.2, 0.25) is 0 Å². The molecule has 0 saturated carbocycles. The SMILES string of the molecule is CCCc1nc2ccccc2n1-c1ccc(-c2cc3c(c4ccccc24)-c2c(c4ccccc4c4ccccc24)C3(C)C)cc1. The van der Waals surface area contributed by atoms with E-state index in [-0.39, 0.29) is 5.41 Å². The molecule has 0 atom stereocenters. The Bertz CT molecular complexity index is 2460. The monoisotopic (exact) mass is 578 g/mol. The van der Waals surface area contributed by atoms with Crippen LogP contribution in [0.25, 0.3) is 71.3 Å². The summed E-state index contributed by atoms with van der Waals surface area (Å²) in [5.74, 6) is 1.12. The highest BCUT2D eigenvalue weighted by atomic mass is 15.1. The van der Waals surface area contributed by atoms with Crippen LogP contribution in [-0.2, 0) is 11.8 Å². The number of benzene rings is 7. The zero-order chi connectivity index (χ0) is 30.3. The summed E-state index contributed by atoms with van der Waals surface area (Å²) in [6.07, 6.45) is 2.01. The van der Waals surface area contributed by atoms with Crippen LogP contribution in [0.4, 0.5) is 0 Å². The van der Waals surface area contributed by atoms with Gasteiger partial charge in [0, 0.05) is 17.5 Å². The fraction of sp³-hybridized carbons (Fsp3) is 0.140. The van der Waals surface area contributed by atoms with Gasteiger partial charge in [-0.3, -0.25) is 4.57 Å². The zero-order valence-corrected chi connectivity index (χ0v) is 25.9. The van der Waals surface area contributed by atoms with E-state index in [1.807, 2.05) is 0 Å². The predicted octanol–water partition coefficient (Wildman–Crippen LogP) is 11.4. The number of aryl methyl sites for hydroxylation is 1. The number of aromatic nitrogens is 2. The molecule has 8 aromatic rings. The first-order valence-electron chi connectivity index (χ1n) is 16.1. The second kappa shape index (κ2) is 9.64. The highest BCUT2D eigenvalue weighted by molar-refractivity contribution is 6.22. The molecule has 0 amide bonds. The minimum absolute atomic E-state index is 0.155. The normalized spacial score (nSPS) is 13.6. The lowest BCUT2D eigenvalue weighted by atomic mass is 9.78. The summed E-state index contributed by atoms with van der Waals surface area (Å²) in [5, 5.41) is 7.99. The van der Waals surface area contributed by atoms with Crippen LogP contribution >= 0.6 is 0 Å². The van der Waals surface area contributed by atoms with Crippen molar-refractivity contribution in [2.45, 2.75) is 39.0 Å². The first kappa shape index (κ1) is 26.2. The van der Waals surface area contributed by atoms with Gasteiger partial charge in [-0.1, -0.05) is 118 Å². The molecule has 1 aromatic heterocycles. The molecule has 0 saturated heterocycles. The highest BCUT2D eigenvalue weighted by Crippen LogP contribution is 2.57. The van der Waals surface area contributed by atoms with Crippen LogP contribution < -0.4 is 0 Å². The second-order valence-electron chi connectivity index (χ2n) is 13.0. The smallest absolute Gasteiger partial charge is 0.114 e. The van der Waals surface area contributed by atoms with Gasteiger partial charge in [0.1, 0.15) is 5.82 Å². The van der Waals surface area contributed by atoms with E-state index >= 15 is 0 Å². The molecule has 0 bridgehead atoms. The van der Waals surface area contributed by atoms with Crippen molar-refractivity contribution in [3.8, 4) is 27.9 Å². The molecule has 45 heavy (non-hydrogen) atoms. The maximum absolute atomic E-state index is 4.98. The van der Waals surface area contributed by atoms with Crippen molar-refractivity contribution in [3.05, 3.63) is 144 Å². The van der Waals surface area contributed by atoms with Crippen molar-refractivity contribution in [2.24, 2.45) is 0 Å². The van der Waals surface area contributed by atoms with Crippen LogP contribution in [0, 0.1) is 0 Å². The van der Waals surface area contributed by atoms with Crippen molar-refractivity contribution in [2.75, 3.05) is 0 Å². The van der Waals surface area contributed by atoms with Crippen LogP contribution in [0.1, 0.15) is 44.1 Å². The predicted molar refractivity (Wildman–Crippen MR) is 191 cm³/mol. The lowest BCUT2D eigenvalue weighted by Crippen LogP contribution is -2.16. The van der Waals surface area contributed by atoms with Crippen LogP contribution in [0.3, 0.4) is 0 Å². The minimum atomic E-state index is -0.155. The molecule has 0 radical (unpaired) electrons. The zero-order valence-electron chi connectivity index (χ0n) is 25.9. The number of hydrogen-bond acceptors (Lipinski definition) is 1. The molecule has 1 aliphatic carbocycles. The van der Waals surface area contributed by atoms with Gasteiger partial charge in [-0.15, -0.1) is 0 Å². The second-order valence-corrected chi connectivity index (χ2v) is 13.0. The average molecular weight is 579 g/mol. The number of hydrogen-bond donors (Lipinski definition) is 0. The first-order chi connectivity index (χ1) is 22.1. The molecule has 0 aliphatic heterocycles. The Hall–Kier alpha value is -5.21. The number of para-hydroxylation sites is 2. The lowest BCUT2D eigenvalue weighted by Gasteiger charge is -2.25. The summed E-state index contributed by atoms with van der Waals surface area (Å²) < 4.78 is 2.33. The van der Waals surface area contributed by atoms with E-state index in [9.17, 15) is 0 Å². The van der Waals surface area contributed by atoms with Gasteiger partial charge in [0.25, 0.3) is 0 Å². The fourth-order valence-corrected chi connectivity index (χ4v) is 8.11. The Balaban J connectivity index is 1.29. The molecule has 216 valence electrons. The van der Waals surface area contributed by atoms with E-state index in [1.165, 1.54) is 65.7 Å². The van der Waals surface area contributed by atoms with Gasteiger partial charge >= 0.3 is 0 Å². The standard InChI is InChI=1S/C43H34N2/c1-4-13-39-44-37-20-11-12-21-38(37)45(39)28-24-22-27(23-25-28)35-26-36-40(32-17-8-6-16-31(32)35)41-33-18-9-5-14-29(33)30-15-7-10-19-34(30)42(41)43(36,2)3/h5-12,14-26H,4,13H2,1-3H3. The van der Waals surface area contributed by atoms with Crippen molar-refractivity contribution in [1.82, 2.24) is 9.55 Å². The third kappa shape index (κ3) is 3.66. The van der Waals surface area contributed by atoms with Crippen LogP contribution in [0.5, 0.6) is 0 Å². The molecular weight excluding hydrogens is 544 g/mol. The van der Waals surface area contributed by atoms with E-state index in [1.54, 1.807) is 0 Å². The molecule has 0 spiro atoms. The van der Waals surface area contributed by atoms with E-state index in [0.717, 1.165) is 35.4 Å². The Labute approximate surface area is 263 Å². The van der Waals surface area contributed by atoms with Crippen molar-refractivity contribution in [1.29, 1.82) is 0 Å². The first-order valence-corrected chi connectivity index (χ1v) is 16.1. The molecule has 1 aliphatic rings. The molecule has 7 aromatic carbocycles. The number of rotatable bonds is 4. The Morgan fingerprint density at radius 3 is 1.89 bits per heavy atom. The quantitative estimate of drug-likeness (QED) is 0.190. The summed E-state index contributed by atoms with van der Waals surface area (Å²) in [4.78, 5) is 4.98. The maximum atomic E-state index is 4.98. The lowest BCUT2D eigenvalue weighted by molar-refractivity contribution is 0.667. The molecule has 1 heterocycles. The van der Waals surface area contributed by atoms with Gasteiger partial charge < -0.3 is 0 Å². The van der Waals surface area contributed by atoms with Gasteiger partial charge in [-0.2, -0.15) is 0 Å². The van der Waals surface area contributed by atoms with Gasteiger partial charge in [0.15, 0.2) is 0 Å². The third-order valence-corrected chi connectivity index (χ3v) is 10.1. The number of nitrogens with zero attached hydrogens (tertiary/aromatic N) is 2. The Morgan fingerprint density at radius 1 is 0.600 bits per heavy atom. The third-order valence-electron chi connectivity index (χ3n) is 10.1. The minimum Gasteiger partial charge on any atom is -0.296 e. The summed E-state index contributed by atoms with van der Waals surface area (Å²) in [7, 11) is 0. The largest absolute Gasteiger partial charge is 0.296 e. The van der Waals surface area contributed by atoms with Gasteiger partial charge in [0.05, 0.1) is 11.0 Å². The molecule has 0 unspecified atom stereocenters. The molecule has 0 fully saturated rings. The molecule has 9 rings (SSSR count). The molecule has 2 nitrogen and oxygen atoms in total. The van der Waals surface area contributed by atoms with Gasteiger partial charge in [-0.05, 0) is 102 Å². The van der Waals surface area contributed by atoms with E-state index in [2.05, 4.69) is 153 Å². The Kier molecular flexibility index (Phi) is 5.62. The van der Waals surface area contributed by atoms with Crippen LogP contribution in [0.15, 0.2) is 127 Å². The van der Waals surface area contributed by atoms with Crippen LogP contribution in [-0.4, -0.2) is 9.55 Å². The summed E-state index contributed by atoms with van der Waals surface area (Å²) >= 11 is 0. The summed E-state index contributed by atoms with van der Waals surface area (Å²) in [5.41, 5.74) is 11.4. The number of imidazole rings is 1. The maximum Gasteiger partial charge on any atom is 0.114 e. The molecule has 2 heteroatoms. The fourth-order valence-electron chi connectivity index (χ4n) is 8.11. The van der Waals surface area contributed by atoms with Crippen molar-refractivity contribution in [3.63, 3.8) is 0 Å². The molecule has 0 N–H and O–H groups in total. The topological polar surface area (TPSA) is 17.8 Å². The average Bonchev–Trinajstić information content (AvgIpc) is 3.56. The van der Waals surface area contributed by atoms with E-state index < -0.39 is 0 Å². The van der Waals surface area contributed by atoms with Crippen molar-refractivity contribution < 1.29 is 0 Å².